The van der Waals surface area contributed by atoms with E-state index in [4.69, 9.17) is 30.7 Å². The van der Waals surface area contributed by atoms with Gasteiger partial charge >= 0.3 is 6.03 Å². The topological polar surface area (TPSA) is 157 Å². The van der Waals surface area contributed by atoms with Gasteiger partial charge < -0.3 is 20.2 Å². The lowest BCUT2D eigenvalue weighted by Crippen LogP contribution is -2.57. The van der Waals surface area contributed by atoms with E-state index in [0.29, 0.717) is 71.4 Å². The molecule has 0 bridgehead atoms. The number of hydrogen-bond donors (Lipinski definition) is 5. The normalized spacial score (nSPS) is 19.7. The highest BCUT2D eigenvalue weighted by molar-refractivity contribution is 6.77. The Hall–Kier alpha value is -4.56. The van der Waals surface area contributed by atoms with Gasteiger partial charge in [0.1, 0.15) is 29.0 Å². The number of allylic oxidation sites excluding steroid dienone is 1. The predicted octanol–water partition coefficient (Wildman–Crippen LogP) is 8.78. The number of nitrogens with one attached hydrogen (secondary N) is 4. The van der Waals surface area contributed by atoms with Gasteiger partial charge in [-0.25, -0.2) is 9.79 Å². The van der Waals surface area contributed by atoms with Gasteiger partial charge in [-0.3, -0.25) is 30.5 Å². The first-order valence-electron chi connectivity index (χ1n) is 21.7. The van der Waals surface area contributed by atoms with Crippen molar-refractivity contribution < 1.29 is 14.0 Å². The third-order valence-electron chi connectivity index (χ3n) is 12.4. The van der Waals surface area contributed by atoms with E-state index in [1.54, 1.807) is 29.0 Å². The third kappa shape index (κ3) is 11.4. The smallest absolute Gasteiger partial charge is 0.320 e. The van der Waals surface area contributed by atoms with E-state index >= 15 is 0 Å². The average Bonchev–Trinajstić information content (AvgIpc) is 3.17. The number of carbonyl (C=O) groups is 1. The van der Waals surface area contributed by atoms with Crippen molar-refractivity contribution in [1.29, 1.82) is 10.8 Å². The highest BCUT2D eigenvalue weighted by atomic mass is 28.4. The number of urea groups is 1. The van der Waals surface area contributed by atoms with Crippen LogP contribution >= 0.6 is 0 Å². The Kier molecular flexibility index (Phi) is 15.4. The summed E-state index contributed by atoms with van der Waals surface area (Å²) in [6, 6.07) is 18.9. The van der Waals surface area contributed by atoms with Crippen LogP contribution < -0.4 is 26.6 Å². The highest BCUT2D eigenvalue weighted by Gasteiger charge is 2.45. The number of hydrogen-bond acceptors (Lipinski definition) is 9. The number of aliphatic imine (C=N–C) groups is 1. The lowest BCUT2D eigenvalue weighted by atomic mass is 9.85. The quantitative estimate of drug-likeness (QED) is 0.0658. The van der Waals surface area contributed by atoms with Gasteiger partial charge in [0.2, 0.25) is 0 Å². The van der Waals surface area contributed by atoms with Crippen molar-refractivity contribution in [1.82, 2.24) is 25.0 Å². The molecule has 2 aliphatic rings. The number of pyridine rings is 1. The molecule has 1 saturated heterocycles. The number of amides is 2. The van der Waals surface area contributed by atoms with Crippen LogP contribution in [0.3, 0.4) is 0 Å². The van der Waals surface area contributed by atoms with E-state index in [1.165, 1.54) is 0 Å². The lowest BCUT2D eigenvalue weighted by molar-refractivity contribution is 0.0667. The van der Waals surface area contributed by atoms with Gasteiger partial charge in [-0.05, 0) is 78.8 Å². The zero-order valence-corrected chi connectivity index (χ0v) is 38.9. The standard InChI is InChI=1S/C47H71N9O3Si/c1-31(2)60(32(3)4,33(5)6)58-30-36-27-55(25-24-54(36)11)29-44(50)56-28-37(20-23-43(56)49)59-41-22-21-40(38-14-12-13-15-39(38)41)52-46(57)53-45(26-42(48)47(8,9)10)51-35-18-16-34(7)17-19-35/h12-20,23,26,28,31-33,36,40-41,49-50H,21-22,24-25,27,29-30,48H2,1-11H3,(H2,51,52,53,57)/t36?,40-,41+/m0/s1. The number of carbonyl (C=O) groups excluding carboxylic acids is 1. The fourth-order valence-corrected chi connectivity index (χ4v) is 14.3. The van der Waals surface area contributed by atoms with Crippen LogP contribution in [0.25, 0.3) is 0 Å². The Balaban J connectivity index is 1.25. The van der Waals surface area contributed by atoms with Crippen LogP contribution in [-0.4, -0.2) is 86.3 Å². The van der Waals surface area contributed by atoms with Crippen molar-refractivity contribution in [3.8, 4) is 5.75 Å². The van der Waals surface area contributed by atoms with Crippen LogP contribution in [0, 0.1) is 23.2 Å². The summed E-state index contributed by atoms with van der Waals surface area (Å²) in [5.41, 5.74) is 12.3. The maximum absolute atomic E-state index is 13.6. The molecule has 1 aromatic heterocycles. The van der Waals surface area contributed by atoms with Crippen molar-refractivity contribution in [3.63, 3.8) is 0 Å². The molecule has 1 fully saturated rings. The molecule has 60 heavy (non-hydrogen) atoms. The first kappa shape index (κ1) is 46.5. The maximum Gasteiger partial charge on any atom is 0.320 e. The number of ether oxygens (including phenoxy) is 1. The van der Waals surface area contributed by atoms with Crippen molar-refractivity contribution in [2.75, 3.05) is 39.8 Å². The van der Waals surface area contributed by atoms with Gasteiger partial charge in [-0.2, -0.15) is 0 Å². The second-order valence-corrected chi connectivity index (χ2v) is 24.2. The molecule has 2 amide bonds. The molecule has 2 aromatic carbocycles. The molecule has 5 rings (SSSR count). The van der Waals surface area contributed by atoms with Gasteiger partial charge in [0.25, 0.3) is 0 Å². The van der Waals surface area contributed by atoms with Gasteiger partial charge in [0.05, 0.1) is 31.1 Å². The van der Waals surface area contributed by atoms with Gasteiger partial charge in [-0.15, -0.1) is 0 Å². The number of likely N-dealkylation sites (N-methyl/N-ethyl adjacent to an activating group) is 1. The number of amidine groups is 1. The molecule has 0 saturated carbocycles. The minimum Gasteiger partial charge on any atom is -0.484 e. The number of piperazine rings is 1. The summed E-state index contributed by atoms with van der Waals surface area (Å²) in [6.45, 7) is 25.7. The minimum atomic E-state index is -2.01. The van der Waals surface area contributed by atoms with Gasteiger partial charge in [0, 0.05) is 42.9 Å². The molecular formula is C47H71N9O3Si. The zero-order chi connectivity index (χ0) is 43.9. The molecular weight excluding hydrogens is 767 g/mol. The van der Waals surface area contributed by atoms with Crippen LogP contribution in [0.15, 0.2) is 83.6 Å². The van der Waals surface area contributed by atoms with Crippen molar-refractivity contribution >= 4 is 31.7 Å². The summed E-state index contributed by atoms with van der Waals surface area (Å²) in [5.74, 6) is 1.27. The van der Waals surface area contributed by atoms with Crippen LogP contribution in [-0.2, 0) is 4.43 Å². The SMILES string of the molecule is Cc1ccc(N=C(C=C(N)C(C)(C)C)NC(=O)N[C@H]2CC[C@@H](Oc3ccc(=N)n(C(=N)CN4CCN(C)C(CO[Si](C(C)C)(C(C)C)C(C)C)C4)c3)c3ccccc32)cc1. The molecule has 1 aliphatic heterocycles. The Morgan fingerprint density at radius 2 is 1.62 bits per heavy atom. The van der Waals surface area contributed by atoms with E-state index in [9.17, 15) is 4.79 Å². The zero-order valence-electron chi connectivity index (χ0n) is 37.9. The van der Waals surface area contributed by atoms with E-state index in [1.807, 2.05) is 76.2 Å². The fourth-order valence-electron chi connectivity index (χ4n) is 8.85. The summed E-state index contributed by atoms with van der Waals surface area (Å²) in [7, 11) is 0.171. The molecule has 3 aromatic rings. The molecule has 1 unspecified atom stereocenters. The van der Waals surface area contributed by atoms with Crippen molar-refractivity contribution in [2.45, 2.75) is 117 Å². The Morgan fingerprint density at radius 3 is 2.25 bits per heavy atom. The second kappa shape index (κ2) is 19.9. The third-order valence-corrected chi connectivity index (χ3v) is 18.5. The maximum atomic E-state index is 13.6. The lowest BCUT2D eigenvalue weighted by Gasteiger charge is -2.45. The molecule has 13 heteroatoms. The summed E-state index contributed by atoms with van der Waals surface area (Å²) >= 11 is 0. The van der Waals surface area contributed by atoms with E-state index in [-0.39, 0.29) is 35.1 Å². The number of fused-ring (bicyclic) bond motifs is 1. The van der Waals surface area contributed by atoms with Gasteiger partial charge in [0.15, 0.2) is 8.32 Å². The second-order valence-electron chi connectivity index (χ2n) is 18.7. The number of rotatable bonds is 13. The molecule has 326 valence electrons. The van der Waals surface area contributed by atoms with E-state index in [2.05, 4.69) is 69.0 Å². The summed E-state index contributed by atoms with van der Waals surface area (Å²) < 4.78 is 15.3. The van der Waals surface area contributed by atoms with Crippen LogP contribution in [0.5, 0.6) is 5.75 Å². The molecule has 2 heterocycles. The molecule has 6 N–H and O–H groups in total. The number of nitrogens with two attached hydrogens (primary N) is 1. The van der Waals surface area contributed by atoms with Crippen LogP contribution in [0.4, 0.5) is 10.5 Å². The first-order chi connectivity index (χ1) is 28.3. The summed E-state index contributed by atoms with van der Waals surface area (Å²) in [5, 5.41) is 24.0. The summed E-state index contributed by atoms with van der Waals surface area (Å²) in [6.07, 6.45) is 4.52. The largest absolute Gasteiger partial charge is 0.484 e. The van der Waals surface area contributed by atoms with Crippen molar-refractivity contribution in [2.24, 2.45) is 16.1 Å². The summed E-state index contributed by atoms with van der Waals surface area (Å²) in [4.78, 5) is 23.0. The van der Waals surface area contributed by atoms with Crippen molar-refractivity contribution in [3.05, 3.63) is 101 Å². The number of benzene rings is 2. The molecule has 0 radical (unpaired) electrons. The van der Waals surface area contributed by atoms with Gasteiger partial charge in [-0.1, -0.05) is 104 Å². The highest BCUT2D eigenvalue weighted by Crippen LogP contribution is 2.42. The number of nitrogens with zero attached hydrogens (tertiary/aromatic N) is 4. The Labute approximate surface area is 359 Å². The fraction of sp³-hybridized carbons (Fsp3) is 0.532. The minimum absolute atomic E-state index is 0.228. The monoisotopic (exact) mass is 838 g/mol. The Bertz CT molecular complexity index is 2050. The first-order valence-corrected chi connectivity index (χ1v) is 23.8. The number of aromatic nitrogens is 1. The van der Waals surface area contributed by atoms with E-state index < -0.39 is 8.32 Å². The molecule has 12 nitrogen and oxygen atoms in total. The predicted molar refractivity (Wildman–Crippen MR) is 247 cm³/mol. The number of aryl methyl sites for hydroxylation is 1. The molecule has 0 spiro atoms. The molecule has 3 atom stereocenters. The molecule has 1 aliphatic carbocycles. The average molecular weight is 838 g/mol. The van der Waals surface area contributed by atoms with E-state index in [0.717, 1.165) is 36.3 Å². The van der Waals surface area contributed by atoms with Crippen LogP contribution in [0.1, 0.15) is 104 Å². The van der Waals surface area contributed by atoms with Crippen LogP contribution in [0.2, 0.25) is 16.6 Å². The Morgan fingerprint density at radius 1 is 0.967 bits per heavy atom.